The Hall–Kier alpha value is -2.07. The van der Waals surface area contributed by atoms with Gasteiger partial charge >= 0.3 is 11.9 Å². The number of quaternary nitrogens is 1. The summed E-state index contributed by atoms with van der Waals surface area (Å²) in [5.41, 5.74) is 0. The lowest BCUT2D eigenvalue weighted by Crippen LogP contribution is -2.37. The van der Waals surface area contributed by atoms with Crippen LogP contribution in [0, 0.1) is 0 Å². The SMILES string of the molecule is CCCCCCCCCCCCCCCC(=O)O[C@H](COC(=O)CCC/C=C\C/C=C\C/C=C\C/C=C\CCC[C@@H](C)O)COP(=O)([O-])OCC[N+](C)(C)C. The van der Waals surface area contributed by atoms with E-state index in [4.69, 9.17) is 18.5 Å². The minimum Gasteiger partial charge on any atom is -0.756 e. The van der Waals surface area contributed by atoms with Crippen LogP contribution in [-0.4, -0.2) is 81.2 Å². The Bertz CT molecular complexity index is 1100. The normalized spacial score (nSPS) is 14.7. The van der Waals surface area contributed by atoms with Gasteiger partial charge in [-0.05, 0) is 64.7 Å². The highest BCUT2D eigenvalue weighted by Crippen LogP contribution is 2.38. The number of nitrogens with zero attached hydrogens (tertiary/aromatic N) is 1. The van der Waals surface area contributed by atoms with Crippen LogP contribution >= 0.6 is 7.82 Å². The summed E-state index contributed by atoms with van der Waals surface area (Å²) in [5, 5.41) is 9.27. The number of likely N-dealkylation sites (N-methyl/N-ethyl adjacent to an activating group) is 1. The van der Waals surface area contributed by atoms with Gasteiger partial charge in [0.25, 0.3) is 7.82 Å². The molecule has 0 aromatic carbocycles. The van der Waals surface area contributed by atoms with Crippen LogP contribution in [0.5, 0.6) is 0 Å². The molecule has 0 aliphatic heterocycles. The molecule has 10 nitrogen and oxygen atoms in total. The molecule has 55 heavy (non-hydrogen) atoms. The van der Waals surface area contributed by atoms with Crippen molar-refractivity contribution in [2.45, 2.75) is 174 Å². The minimum atomic E-state index is -4.64. The first-order valence-corrected chi connectivity index (χ1v) is 22.8. The van der Waals surface area contributed by atoms with Crippen molar-refractivity contribution in [3.63, 3.8) is 0 Å². The number of hydrogen-bond donors (Lipinski definition) is 1. The van der Waals surface area contributed by atoms with Gasteiger partial charge in [0, 0.05) is 12.8 Å². The zero-order valence-electron chi connectivity index (χ0n) is 35.5. The Morgan fingerprint density at radius 2 is 1.13 bits per heavy atom. The number of unbranched alkanes of at least 4 members (excludes halogenated alkanes) is 14. The predicted molar refractivity (Wildman–Crippen MR) is 223 cm³/mol. The van der Waals surface area contributed by atoms with Gasteiger partial charge in [0.2, 0.25) is 0 Å². The Morgan fingerprint density at radius 3 is 1.64 bits per heavy atom. The largest absolute Gasteiger partial charge is 0.756 e. The first-order chi connectivity index (χ1) is 26.3. The number of phosphoric acid groups is 1. The lowest BCUT2D eigenvalue weighted by Gasteiger charge is -2.28. The maximum absolute atomic E-state index is 12.6. The van der Waals surface area contributed by atoms with Crippen LogP contribution in [-0.2, 0) is 32.7 Å². The summed E-state index contributed by atoms with van der Waals surface area (Å²) in [6.07, 6.45) is 38.4. The number of esters is 2. The molecule has 1 N–H and O–H groups in total. The summed E-state index contributed by atoms with van der Waals surface area (Å²) in [6.45, 7) is 3.69. The fraction of sp³-hybridized carbons (Fsp3) is 0.773. The van der Waals surface area contributed by atoms with E-state index in [2.05, 4.69) is 49.5 Å². The van der Waals surface area contributed by atoms with Crippen molar-refractivity contribution in [3.8, 4) is 0 Å². The van der Waals surface area contributed by atoms with E-state index >= 15 is 0 Å². The molecule has 0 amide bonds. The minimum absolute atomic E-state index is 0.0450. The van der Waals surface area contributed by atoms with Crippen LogP contribution < -0.4 is 4.89 Å². The molecule has 0 aromatic rings. The highest BCUT2D eigenvalue weighted by Gasteiger charge is 2.21. The Morgan fingerprint density at radius 1 is 0.655 bits per heavy atom. The van der Waals surface area contributed by atoms with E-state index in [-0.39, 0.29) is 32.2 Å². The van der Waals surface area contributed by atoms with Gasteiger partial charge in [-0.3, -0.25) is 14.2 Å². The van der Waals surface area contributed by atoms with E-state index in [1.807, 2.05) is 34.1 Å². The number of ether oxygens (including phenoxy) is 2. The van der Waals surface area contributed by atoms with Crippen molar-refractivity contribution in [1.82, 2.24) is 0 Å². The molecule has 3 atom stereocenters. The molecular formula is C44H80NO9P. The van der Waals surface area contributed by atoms with Gasteiger partial charge in [0.05, 0.1) is 33.9 Å². The van der Waals surface area contributed by atoms with Crippen molar-refractivity contribution in [3.05, 3.63) is 48.6 Å². The van der Waals surface area contributed by atoms with Gasteiger partial charge in [0.15, 0.2) is 6.10 Å². The van der Waals surface area contributed by atoms with E-state index in [1.54, 1.807) is 0 Å². The average molecular weight is 798 g/mol. The lowest BCUT2D eigenvalue weighted by molar-refractivity contribution is -0.870. The molecule has 11 heteroatoms. The Kier molecular flexibility index (Phi) is 34.9. The number of aliphatic hydroxyl groups excluding tert-OH is 1. The molecule has 0 bridgehead atoms. The number of allylic oxidation sites excluding steroid dienone is 8. The second-order valence-corrected chi connectivity index (χ2v) is 17.1. The maximum atomic E-state index is 12.6. The molecule has 0 fully saturated rings. The van der Waals surface area contributed by atoms with Crippen molar-refractivity contribution < 1.29 is 47.2 Å². The van der Waals surface area contributed by atoms with E-state index in [1.165, 1.54) is 57.8 Å². The third-order valence-corrected chi connectivity index (χ3v) is 9.83. The van der Waals surface area contributed by atoms with Gasteiger partial charge < -0.3 is 33.0 Å². The molecule has 0 aromatic heterocycles. The number of carbonyl (C=O) groups excluding carboxylic acids is 2. The third-order valence-electron chi connectivity index (χ3n) is 8.87. The molecule has 0 aliphatic carbocycles. The lowest BCUT2D eigenvalue weighted by atomic mass is 10.0. The van der Waals surface area contributed by atoms with E-state index in [0.29, 0.717) is 23.9 Å². The molecule has 0 saturated heterocycles. The quantitative estimate of drug-likeness (QED) is 0.0213. The Balaban J connectivity index is 4.46. The van der Waals surface area contributed by atoms with Crippen LogP contribution in [0.4, 0.5) is 0 Å². The monoisotopic (exact) mass is 798 g/mol. The summed E-state index contributed by atoms with van der Waals surface area (Å²) >= 11 is 0. The summed E-state index contributed by atoms with van der Waals surface area (Å²) in [7, 11) is 1.12. The average Bonchev–Trinajstić information content (AvgIpc) is 3.11. The summed E-state index contributed by atoms with van der Waals surface area (Å²) in [6, 6.07) is 0. The zero-order chi connectivity index (χ0) is 40.9. The van der Waals surface area contributed by atoms with Crippen molar-refractivity contribution >= 4 is 19.8 Å². The smallest absolute Gasteiger partial charge is 0.306 e. The molecule has 320 valence electrons. The topological polar surface area (TPSA) is 131 Å². The third kappa shape index (κ3) is 41.4. The number of carbonyl (C=O) groups is 2. The van der Waals surface area contributed by atoms with Gasteiger partial charge in [-0.1, -0.05) is 133 Å². The number of hydrogen-bond acceptors (Lipinski definition) is 9. The van der Waals surface area contributed by atoms with Gasteiger partial charge in [-0.2, -0.15) is 0 Å². The highest BCUT2D eigenvalue weighted by molar-refractivity contribution is 7.45. The number of phosphoric ester groups is 1. The highest BCUT2D eigenvalue weighted by atomic mass is 31.2. The number of rotatable bonds is 38. The Labute approximate surface area is 336 Å². The molecule has 0 saturated carbocycles. The summed E-state index contributed by atoms with van der Waals surface area (Å²) in [5.74, 6) is -0.917. The van der Waals surface area contributed by atoms with E-state index in [9.17, 15) is 24.2 Å². The standard InChI is InChI=1S/C44H80NO9P/c1-6-7-8-9-10-11-12-16-21-24-27-30-33-36-44(48)54-42(40-53-55(49,50)52-38-37-45(3,4)5)39-51-43(47)35-32-29-26-23-20-18-15-13-14-17-19-22-25-28-31-34-41(2)46/h14-15,17-18,22-23,25-26,41-42,46H,6-13,16,19-21,24,27-40H2,1-5H3/b17-14-,18-15-,25-22-,26-23-/t41-,42-/m1/s1. The fourth-order valence-electron chi connectivity index (χ4n) is 5.49. The predicted octanol–water partition coefficient (Wildman–Crippen LogP) is 10.2. The summed E-state index contributed by atoms with van der Waals surface area (Å²) in [4.78, 5) is 37.4. The van der Waals surface area contributed by atoms with Crippen molar-refractivity contribution in [2.24, 2.45) is 0 Å². The molecular weight excluding hydrogens is 717 g/mol. The van der Waals surface area contributed by atoms with Gasteiger partial charge in [-0.15, -0.1) is 0 Å². The second-order valence-electron chi connectivity index (χ2n) is 15.6. The second kappa shape index (κ2) is 36.3. The molecule has 0 aliphatic rings. The summed E-state index contributed by atoms with van der Waals surface area (Å²) < 4.78 is 33.8. The molecule has 0 radical (unpaired) electrons. The van der Waals surface area contributed by atoms with Crippen molar-refractivity contribution in [1.29, 1.82) is 0 Å². The van der Waals surface area contributed by atoms with Crippen LogP contribution in [0.25, 0.3) is 0 Å². The number of aliphatic hydroxyl groups is 1. The van der Waals surface area contributed by atoms with E-state index in [0.717, 1.165) is 64.2 Å². The first-order valence-electron chi connectivity index (χ1n) is 21.4. The van der Waals surface area contributed by atoms with Crippen LogP contribution in [0.2, 0.25) is 0 Å². The van der Waals surface area contributed by atoms with Crippen LogP contribution in [0.1, 0.15) is 162 Å². The zero-order valence-corrected chi connectivity index (χ0v) is 36.4. The van der Waals surface area contributed by atoms with Crippen molar-refractivity contribution in [2.75, 3.05) is 47.5 Å². The van der Waals surface area contributed by atoms with Gasteiger partial charge in [-0.25, -0.2) is 0 Å². The first kappa shape index (κ1) is 52.9. The van der Waals surface area contributed by atoms with Crippen LogP contribution in [0.3, 0.4) is 0 Å². The van der Waals surface area contributed by atoms with E-state index < -0.39 is 32.5 Å². The van der Waals surface area contributed by atoms with Gasteiger partial charge in [0.1, 0.15) is 19.8 Å². The molecule has 0 spiro atoms. The molecule has 0 rings (SSSR count). The molecule has 0 heterocycles. The fourth-order valence-corrected chi connectivity index (χ4v) is 6.22. The van der Waals surface area contributed by atoms with Crippen LogP contribution in [0.15, 0.2) is 48.6 Å². The maximum Gasteiger partial charge on any atom is 0.306 e. The molecule has 1 unspecified atom stereocenters.